The largest absolute Gasteiger partial charge is 0.470 e. The zero-order chi connectivity index (χ0) is 22.7. The Balaban J connectivity index is 5.84. The second-order valence-electron chi connectivity index (χ2n) is 9.14. The molecule has 0 aromatic rings. The minimum absolute atomic E-state index is 1.87. The molecule has 0 rings (SSSR count). The summed E-state index contributed by atoms with van der Waals surface area (Å²) in [6, 6.07) is 0. The molecule has 0 aliphatic rings. The van der Waals surface area contributed by atoms with E-state index in [1.807, 2.05) is 72.0 Å². The molecule has 0 bridgehead atoms. The fraction of sp³-hybridized carbons (Fsp3) is 0.647. The van der Waals surface area contributed by atoms with Crippen LogP contribution < -0.4 is 0 Å². The molecule has 158 valence electrons. The van der Waals surface area contributed by atoms with Crippen LogP contribution in [0.15, 0.2) is 0 Å². The molecule has 0 aromatic carbocycles. The van der Waals surface area contributed by atoms with E-state index < -0.39 is 50.9 Å². The lowest BCUT2D eigenvalue weighted by Gasteiger charge is -2.43. The average Bonchev–Trinajstić information content (AvgIpc) is 2.42. The summed E-state index contributed by atoms with van der Waals surface area (Å²) in [5, 5.41) is 0. The Labute approximate surface area is 179 Å². The van der Waals surface area contributed by atoms with Gasteiger partial charge in [0.25, 0.3) is 25.0 Å². The van der Waals surface area contributed by atoms with Crippen LogP contribution in [-0.2, 0) is 20.6 Å². The summed E-state index contributed by atoms with van der Waals surface area (Å²) in [7, 11) is -15.5. The second-order valence-corrected chi connectivity index (χ2v) is 30.5. The van der Waals surface area contributed by atoms with Crippen molar-refractivity contribution in [1.82, 2.24) is 0 Å². The van der Waals surface area contributed by atoms with Gasteiger partial charge >= 0.3 is 25.9 Å². The lowest BCUT2D eigenvalue weighted by atomic mass is 11.4. The Morgan fingerprint density at radius 1 is 0.429 bits per heavy atom. The molecule has 0 saturated heterocycles. The SMILES string of the molecule is C#C[Si](C)(C)O[Si](C)(C)O[Si](C)(O[Si](C)(C)C#C)O[Si](C)(C)O[Si](C)(C)C#C. The van der Waals surface area contributed by atoms with Crippen molar-refractivity contribution in [2.24, 2.45) is 0 Å². The van der Waals surface area contributed by atoms with Gasteiger partial charge in [0.2, 0.25) is 0 Å². The van der Waals surface area contributed by atoms with Gasteiger partial charge in [0, 0.05) is 6.55 Å². The molecule has 0 radical (unpaired) electrons. The monoisotopic (exact) mass is 488 g/mol. The molecule has 0 aliphatic carbocycles. The Morgan fingerprint density at radius 2 is 0.679 bits per heavy atom. The molecule has 0 saturated carbocycles. The molecule has 0 spiro atoms. The third-order valence-corrected chi connectivity index (χ3v) is 23.9. The topological polar surface area (TPSA) is 46.2 Å². The van der Waals surface area contributed by atoms with Crippen LogP contribution in [0.25, 0.3) is 0 Å². The predicted octanol–water partition coefficient (Wildman–Crippen LogP) is 4.17. The van der Waals surface area contributed by atoms with E-state index in [4.69, 9.17) is 39.8 Å². The number of hydrogen-bond donors (Lipinski definition) is 0. The summed E-state index contributed by atoms with van der Waals surface area (Å²) in [4.78, 5) is 0. The van der Waals surface area contributed by atoms with E-state index in [2.05, 4.69) is 16.6 Å². The van der Waals surface area contributed by atoms with Crippen LogP contribution in [0.1, 0.15) is 0 Å². The summed E-state index contributed by atoms with van der Waals surface area (Å²) in [5.74, 6) is 0. The van der Waals surface area contributed by atoms with Crippen molar-refractivity contribution in [3.63, 3.8) is 0 Å². The van der Waals surface area contributed by atoms with Crippen LogP contribution in [0, 0.1) is 35.9 Å². The summed E-state index contributed by atoms with van der Waals surface area (Å²) < 4.78 is 31.9. The van der Waals surface area contributed by atoms with Gasteiger partial charge in [0.05, 0.1) is 0 Å². The highest BCUT2D eigenvalue weighted by atomic mass is 28.5. The van der Waals surface area contributed by atoms with Crippen molar-refractivity contribution in [2.75, 3.05) is 0 Å². The quantitative estimate of drug-likeness (QED) is 0.341. The predicted molar refractivity (Wildman–Crippen MR) is 131 cm³/mol. The third kappa shape index (κ3) is 10.5. The highest BCUT2D eigenvalue weighted by Gasteiger charge is 2.52. The first-order chi connectivity index (χ1) is 12.2. The zero-order valence-corrected chi connectivity index (χ0v) is 25.3. The first kappa shape index (κ1) is 27.8. The molecule has 0 N–H and O–H groups in total. The van der Waals surface area contributed by atoms with Crippen molar-refractivity contribution in [3.05, 3.63) is 0 Å². The van der Waals surface area contributed by atoms with Crippen LogP contribution in [0.3, 0.4) is 0 Å². The molecule has 0 atom stereocenters. The maximum Gasteiger partial charge on any atom is 0.470 e. The van der Waals surface area contributed by atoms with E-state index in [0.717, 1.165) is 0 Å². The van der Waals surface area contributed by atoms with Crippen LogP contribution >= 0.6 is 0 Å². The van der Waals surface area contributed by atoms with Crippen molar-refractivity contribution in [2.45, 2.75) is 72.0 Å². The minimum atomic E-state index is -3.20. The van der Waals surface area contributed by atoms with Gasteiger partial charge in [-0.15, -0.1) is 35.9 Å². The smallest absolute Gasteiger partial charge is 0.427 e. The fourth-order valence-corrected chi connectivity index (χ4v) is 26.9. The van der Waals surface area contributed by atoms with Gasteiger partial charge in [-0.05, 0) is 65.5 Å². The van der Waals surface area contributed by atoms with E-state index in [9.17, 15) is 0 Å². The first-order valence-electron chi connectivity index (χ1n) is 9.16. The maximum absolute atomic E-state index is 6.49. The highest BCUT2D eigenvalue weighted by molar-refractivity contribution is 6.95. The molecule has 0 heterocycles. The average molecular weight is 489 g/mol. The summed E-state index contributed by atoms with van der Waals surface area (Å²) in [6.45, 7) is 21.4. The lowest BCUT2D eigenvalue weighted by Crippen LogP contribution is -2.63. The van der Waals surface area contributed by atoms with E-state index in [1.165, 1.54) is 0 Å². The molecule has 0 aromatic heterocycles. The van der Waals surface area contributed by atoms with Crippen LogP contribution in [-0.4, -0.2) is 50.9 Å². The van der Waals surface area contributed by atoms with Crippen LogP contribution in [0.5, 0.6) is 0 Å². The van der Waals surface area contributed by atoms with E-state index in [1.54, 1.807) is 0 Å². The Morgan fingerprint density at radius 3 is 0.929 bits per heavy atom. The van der Waals surface area contributed by atoms with Crippen molar-refractivity contribution in [3.8, 4) is 35.9 Å². The van der Waals surface area contributed by atoms with Crippen LogP contribution in [0.4, 0.5) is 0 Å². The molecular formula is C17H36O5Si6. The molecule has 5 nitrogen and oxygen atoms in total. The van der Waals surface area contributed by atoms with Gasteiger partial charge in [-0.3, -0.25) is 0 Å². The maximum atomic E-state index is 6.49. The van der Waals surface area contributed by atoms with E-state index in [-0.39, 0.29) is 0 Å². The van der Waals surface area contributed by atoms with Gasteiger partial charge in [-0.1, -0.05) is 0 Å². The molecule has 0 fully saturated rings. The van der Waals surface area contributed by atoms with Crippen molar-refractivity contribution >= 4 is 50.9 Å². The highest BCUT2D eigenvalue weighted by Crippen LogP contribution is 2.28. The van der Waals surface area contributed by atoms with Crippen LogP contribution in [0.2, 0.25) is 72.0 Å². The van der Waals surface area contributed by atoms with E-state index >= 15 is 0 Å². The molecule has 0 unspecified atom stereocenters. The molecule has 0 amide bonds. The van der Waals surface area contributed by atoms with Gasteiger partial charge in [0.1, 0.15) is 0 Å². The lowest BCUT2D eigenvalue weighted by molar-refractivity contribution is 0.218. The molecule has 0 aliphatic heterocycles. The first-order valence-corrected chi connectivity index (χ1v) is 25.7. The normalized spacial score (nSPS) is 14.1. The summed E-state index contributed by atoms with van der Waals surface area (Å²) >= 11 is 0. The van der Waals surface area contributed by atoms with Gasteiger partial charge < -0.3 is 20.6 Å². The minimum Gasteiger partial charge on any atom is -0.427 e. The standard InChI is InChI=1S/C17H36O5Si6/c1-15-23(4,5)18-26(10,11)21-28(14,20-25(8,9)17-3)22-27(12,13)19-24(6,7)16-2/h1-3H,4-14H3. The number of terminal acetylenes is 3. The van der Waals surface area contributed by atoms with E-state index in [0.29, 0.717) is 0 Å². The molecule has 28 heavy (non-hydrogen) atoms. The number of rotatable bonds is 10. The van der Waals surface area contributed by atoms with Crippen molar-refractivity contribution in [1.29, 1.82) is 0 Å². The fourth-order valence-electron chi connectivity index (χ4n) is 2.78. The molecule has 11 heteroatoms. The summed E-state index contributed by atoms with van der Waals surface area (Å²) in [6.07, 6.45) is 17.0. The third-order valence-electron chi connectivity index (χ3n) is 3.35. The van der Waals surface area contributed by atoms with Gasteiger partial charge in [-0.25, -0.2) is 0 Å². The summed E-state index contributed by atoms with van der Waals surface area (Å²) in [5.41, 5.74) is 8.34. The Kier molecular flexibility index (Phi) is 9.21. The van der Waals surface area contributed by atoms with Crippen molar-refractivity contribution < 1.29 is 20.6 Å². The van der Waals surface area contributed by atoms with Gasteiger partial charge in [0.15, 0.2) is 0 Å². The Bertz CT molecular complexity index is 640. The Hall–Kier alpha value is -0.219. The van der Waals surface area contributed by atoms with Gasteiger partial charge in [-0.2, -0.15) is 0 Å². The molecular weight excluding hydrogens is 453 g/mol. The second kappa shape index (κ2) is 9.29. The zero-order valence-electron chi connectivity index (χ0n) is 19.3. The number of hydrogen-bond acceptors (Lipinski definition) is 5.